The maximum atomic E-state index is 6.38. The SMILES string of the molecule is N[C@@H](Cc1ncccn1)c1ncccc1-c1noc2ccccc12. The number of benzene rings is 1. The summed E-state index contributed by atoms with van der Waals surface area (Å²) in [5, 5.41) is 5.15. The maximum absolute atomic E-state index is 6.38. The van der Waals surface area contributed by atoms with Gasteiger partial charge in [0.1, 0.15) is 11.5 Å². The van der Waals surface area contributed by atoms with E-state index >= 15 is 0 Å². The minimum atomic E-state index is -0.334. The molecular weight excluding hydrogens is 302 g/mol. The number of nitrogens with zero attached hydrogens (tertiary/aromatic N) is 4. The van der Waals surface area contributed by atoms with Crippen molar-refractivity contribution in [2.45, 2.75) is 12.5 Å². The number of hydrogen-bond donors (Lipinski definition) is 1. The predicted octanol–water partition coefficient (Wildman–Crippen LogP) is 2.92. The molecule has 4 rings (SSSR count). The Hall–Kier alpha value is -3.12. The van der Waals surface area contributed by atoms with Gasteiger partial charge >= 0.3 is 0 Å². The first-order chi connectivity index (χ1) is 11.8. The first-order valence-corrected chi connectivity index (χ1v) is 7.64. The van der Waals surface area contributed by atoms with Gasteiger partial charge in [-0.1, -0.05) is 17.3 Å². The normalized spacial score (nSPS) is 12.4. The van der Waals surface area contributed by atoms with Crippen LogP contribution in [0.1, 0.15) is 17.6 Å². The molecule has 0 bridgehead atoms. The van der Waals surface area contributed by atoms with Crippen molar-refractivity contribution in [1.29, 1.82) is 0 Å². The predicted molar refractivity (Wildman–Crippen MR) is 89.9 cm³/mol. The van der Waals surface area contributed by atoms with Crippen molar-refractivity contribution in [3.05, 3.63) is 72.6 Å². The van der Waals surface area contributed by atoms with Crippen molar-refractivity contribution in [3.8, 4) is 11.3 Å². The lowest BCUT2D eigenvalue weighted by Gasteiger charge is -2.13. The molecule has 1 atom stereocenters. The van der Waals surface area contributed by atoms with Crippen molar-refractivity contribution in [1.82, 2.24) is 20.1 Å². The van der Waals surface area contributed by atoms with E-state index in [2.05, 4.69) is 20.1 Å². The maximum Gasteiger partial charge on any atom is 0.167 e. The molecule has 3 heterocycles. The van der Waals surface area contributed by atoms with Crippen molar-refractivity contribution in [2.24, 2.45) is 5.73 Å². The van der Waals surface area contributed by atoms with Gasteiger partial charge in [0.2, 0.25) is 0 Å². The molecule has 6 nitrogen and oxygen atoms in total. The quantitative estimate of drug-likeness (QED) is 0.622. The average Bonchev–Trinajstić information content (AvgIpc) is 3.06. The van der Waals surface area contributed by atoms with E-state index in [4.69, 9.17) is 10.3 Å². The lowest BCUT2D eigenvalue weighted by molar-refractivity contribution is 0.459. The molecule has 1 aromatic carbocycles. The van der Waals surface area contributed by atoms with Gasteiger partial charge in [0.05, 0.1) is 11.7 Å². The number of para-hydroxylation sites is 1. The summed E-state index contributed by atoms with van der Waals surface area (Å²) in [5.41, 5.74) is 9.48. The zero-order chi connectivity index (χ0) is 16.4. The highest BCUT2D eigenvalue weighted by Gasteiger charge is 2.19. The Labute approximate surface area is 138 Å². The van der Waals surface area contributed by atoms with E-state index in [9.17, 15) is 0 Å². The summed E-state index contributed by atoms with van der Waals surface area (Å²) in [6.07, 6.45) is 5.65. The third kappa shape index (κ3) is 2.63. The standard InChI is InChI=1S/C18H15N5O/c19-14(11-16-20-9-4-10-21-16)18-13(6-3-8-22-18)17-12-5-1-2-7-15(12)24-23-17/h1-10,14H,11,19H2/t14-/m0/s1. The zero-order valence-electron chi connectivity index (χ0n) is 12.8. The monoisotopic (exact) mass is 317 g/mol. The summed E-state index contributed by atoms with van der Waals surface area (Å²) < 4.78 is 5.41. The summed E-state index contributed by atoms with van der Waals surface area (Å²) in [7, 11) is 0. The number of hydrogen-bond acceptors (Lipinski definition) is 6. The van der Waals surface area contributed by atoms with Gasteiger partial charge in [-0.3, -0.25) is 4.98 Å². The molecule has 2 N–H and O–H groups in total. The lowest BCUT2D eigenvalue weighted by atomic mass is 10.0. The highest BCUT2D eigenvalue weighted by molar-refractivity contribution is 5.92. The molecule has 24 heavy (non-hydrogen) atoms. The van der Waals surface area contributed by atoms with E-state index in [0.29, 0.717) is 12.2 Å². The van der Waals surface area contributed by atoms with Crippen molar-refractivity contribution >= 4 is 11.0 Å². The third-order valence-electron chi connectivity index (χ3n) is 3.84. The fourth-order valence-electron chi connectivity index (χ4n) is 2.72. The summed E-state index contributed by atoms with van der Waals surface area (Å²) in [6, 6.07) is 13.0. The molecule has 0 fully saturated rings. The van der Waals surface area contributed by atoms with Gasteiger partial charge in [-0.2, -0.15) is 0 Å². The third-order valence-corrected chi connectivity index (χ3v) is 3.84. The second kappa shape index (κ2) is 6.17. The van der Waals surface area contributed by atoms with Crippen molar-refractivity contribution in [3.63, 3.8) is 0 Å². The lowest BCUT2D eigenvalue weighted by Crippen LogP contribution is -2.17. The first-order valence-electron chi connectivity index (χ1n) is 7.64. The highest BCUT2D eigenvalue weighted by atomic mass is 16.5. The Morgan fingerprint density at radius 2 is 1.71 bits per heavy atom. The topological polar surface area (TPSA) is 90.7 Å². The zero-order valence-corrected chi connectivity index (χ0v) is 12.8. The Bertz CT molecular complexity index is 967. The molecular formula is C18H15N5O. The minimum Gasteiger partial charge on any atom is -0.356 e. The van der Waals surface area contributed by atoms with Gasteiger partial charge in [0.25, 0.3) is 0 Å². The molecule has 0 saturated heterocycles. The molecule has 0 aliphatic heterocycles. The van der Waals surface area contributed by atoms with Crippen LogP contribution >= 0.6 is 0 Å². The summed E-state index contributed by atoms with van der Waals surface area (Å²) in [5.74, 6) is 0.687. The van der Waals surface area contributed by atoms with Gasteiger partial charge in [0.15, 0.2) is 5.58 Å². The van der Waals surface area contributed by atoms with Crippen LogP contribution in [-0.4, -0.2) is 20.1 Å². The van der Waals surface area contributed by atoms with Crippen LogP contribution in [0.15, 0.2) is 65.6 Å². The Morgan fingerprint density at radius 1 is 0.917 bits per heavy atom. The largest absolute Gasteiger partial charge is 0.356 e. The van der Waals surface area contributed by atoms with E-state index in [1.165, 1.54) is 0 Å². The van der Waals surface area contributed by atoms with Gasteiger partial charge < -0.3 is 10.3 Å². The smallest absolute Gasteiger partial charge is 0.167 e. The second-order valence-electron chi connectivity index (χ2n) is 5.44. The van der Waals surface area contributed by atoms with E-state index < -0.39 is 0 Å². The molecule has 0 saturated carbocycles. The summed E-state index contributed by atoms with van der Waals surface area (Å²) in [6.45, 7) is 0. The van der Waals surface area contributed by atoms with Crippen LogP contribution in [0.2, 0.25) is 0 Å². The van der Waals surface area contributed by atoms with Crippen LogP contribution in [0.5, 0.6) is 0 Å². The fourth-order valence-corrected chi connectivity index (χ4v) is 2.72. The summed E-state index contributed by atoms with van der Waals surface area (Å²) >= 11 is 0. The van der Waals surface area contributed by atoms with E-state index in [1.807, 2.05) is 36.4 Å². The van der Waals surface area contributed by atoms with E-state index in [-0.39, 0.29) is 6.04 Å². The van der Waals surface area contributed by atoms with Gasteiger partial charge in [-0.15, -0.1) is 0 Å². The Kier molecular flexibility index (Phi) is 3.72. The van der Waals surface area contributed by atoms with E-state index in [0.717, 1.165) is 27.9 Å². The molecule has 0 aliphatic carbocycles. The fraction of sp³-hybridized carbons (Fsp3) is 0.111. The number of pyridine rings is 1. The molecule has 118 valence electrons. The van der Waals surface area contributed by atoms with Gasteiger partial charge in [-0.25, -0.2) is 9.97 Å². The highest BCUT2D eigenvalue weighted by Crippen LogP contribution is 2.31. The Morgan fingerprint density at radius 3 is 2.58 bits per heavy atom. The molecule has 0 aliphatic rings. The number of aromatic nitrogens is 4. The molecule has 4 aromatic rings. The molecule has 0 radical (unpaired) electrons. The van der Waals surface area contributed by atoms with Crippen molar-refractivity contribution < 1.29 is 4.52 Å². The molecule has 0 amide bonds. The molecule has 3 aromatic heterocycles. The van der Waals surface area contributed by atoms with Gasteiger partial charge in [-0.05, 0) is 30.3 Å². The van der Waals surface area contributed by atoms with Gasteiger partial charge in [0, 0.05) is 36.0 Å². The molecule has 0 spiro atoms. The molecule has 6 heteroatoms. The van der Waals surface area contributed by atoms with E-state index in [1.54, 1.807) is 24.7 Å². The molecule has 0 unspecified atom stereocenters. The first kappa shape index (κ1) is 14.5. The van der Waals surface area contributed by atoms with Crippen LogP contribution in [0.25, 0.3) is 22.2 Å². The number of nitrogens with two attached hydrogens (primary N) is 1. The number of fused-ring (bicyclic) bond motifs is 1. The van der Waals surface area contributed by atoms with Crippen LogP contribution in [0.4, 0.5) is 0 Å². The van der Waals surface area contributed by atoms with Crippen LogP contribution in [0, 0.1) is 0 Å². The summed E-state index contributed by atoms with van der Waals surface area (Å²) in [4.78, 5) is 12.9. The van der Waals surface area contributed by atoms with Crippen LogP contribution in [-0.2, 0) is 6.42 Å². The minimum absolute atomic E-state index is 0.334. The average molecular weight is 317 g/mol. The second-order valence-corrected chi connectivity index (χ2v) is 5.44. The van der Waals surface area contributed by atoms with Crippen LogP contribution in [0.3, 0.4) is 0 Å². The van der Waals surface area contributed by atoms with Crippen molar-refractivity contribution in [2.75, 3.05) is 0 Å². The van der Waals surface area contributed by atoms with Crippen LogP contribution < -0.4 is 5.73 Å². The Balaban J connectivity index is 1.75. The number of rotatable bonds is 4.